The predicted octanol–water partition coefficient (Wildman–Crippen LogP) is 4.22. The topological polar surface area (TPSA) is 66.5 Å². The average Bonchev–Trinajstić information content (AvgIpc) is 3.03. The van der Waals surface area contributed by atoms with Crippen LogP contribution in [0.15, 0.2) is 78.9 Å². The van der Waals surface area contributed by atoms with Gasteiger partial charge in [-0.3, -0.25) is 19.3 Å². The molecular weight excluding hydrogens is 376 g/mol. The summed E-state index contributed by atoms with van der Waals surface area (Å²) in [6, 6.07) is 24.7. The summed E-state index contributed by atoms with van der Waals surface area (Å²) in [4.78, 5) is 38.3. The minimum atomic E-state index is -0.340. The number of fused-ring (bicyclic) bond motifs is 1. The Bertz CT molecular complexity index is 1060. The summed E-state index contributed by atoms with van der Waals surface area (Å²) < 4.78 is 0. The van der Waals surface area contributed by atoms with Crippen LogP contribution < -0.4 is 5.32 Å². The Balaban J connectivity index is 1.33. The van der Waals surface area contributed by atoms with Gasteiger partial charge in [-0.1, -0.05) is 66.7 Å². The number of imide groups is 1. The van der Waals surface area contributed by atoms with Gasteiger partial charge in [0.05, 0.1) is 17.2 Å². The molecule has 0 radical (unpaired) electrons. The molecule has 1 N–H and O–H groups in total. The Morgan fingerprint density at radius 3 is 1.93 bits per heavy atom. The van der Waals surface area contributed by atoms with Gasteiger partial charge in [-0.2, -0.15) is 0 Å². The molecule has 0 bridgehead atoms. The number of carbonyl (C=O) groups excluding carboxylic acids is 3. The Labute approximate surface area is 175 Å². The minimum Gasteiger partial charge on any atom is -0.350 e. The third-order valence-corrected chi connectivity index (χ3v) is 5.34. The first kappa shape index (κ1) is 19.6. The van der Waals surface area contributed by atoms with Crippen LogP contribution in [0.5, 0.6) is 0 Å². The van der Waals surface area contributed by atoms with E-state index < -0.39 is 0 Å². The van der Waals surface area contributed by atoms with E-state index in [0.717, 1.165) is 21.6 Å². The Morgan fingerprint density at radius 1 is 0.800 bits per heavy atom. The highest BCUT2D eigenvalue weighted by atomic mass is 16.2. The Kier molecular flexibility index (Phi) is 5.44. The fourth-order valence-electron chi connectivity index (χ4n) is 3.65. The lowest BCUT2D eigenvalue weighted by molar-refractivity contribution is -0.121. The fraction of sp³-hybridized carbons (Fsp3) is 0.160. The molecule has 3 amide bonds. The Hall–Kier alpha value is -3.73. The zero-order valence-electron chi connectivity index (χ0n) is 16.7. The third-order valence-electron chi connectivity index (χ3n) is 5.34. The monoisotopic (exact) mass is 398 g/mol. The van der Waals surface area contributed by atoms with Crippen LogP contribution in [0, 0.1) is 0 Å². The van der Waals surface area contributed by atoms with Crippen LogP contribution in [-0.4, -0.2) is 29.2 Å². The zero-order chi connectivity index (χ0) is 21.1. The van der Waals surface area contributed by atoms with Crippen LogP contribution in [0.3, 0.4) is 0 Å². The molecule has 0 aromatic heterocycles. The number of nitrogens with one attached hydrogen (secondary N) is 1. The number of nitrogens with zero attached hydrogens (tertiary/aromatic N) is 1. The lowest BCUT2D eigenvalue weighted by atomic mass is 10.0. The molecule has 0 saturated carbocycles. The van der Waals surface area contributed by atoms with Crippen molar-refractivity contribution < 1.29 is 14.4 Å². The maximum Gasteiger partial charge on any atom is 0.261 e. The molecule has 3 aromatic carbocycles. The summed E-state index contributed by atoms with van der Waals surface area (Å²) in [5.41, 5.74) is 4.04. The minimum absolute atomic E-state index is 0.0673. The second-order valence-electron chi connectivity index (χ2n) is 7.33. The van der Waals surface area contributed by atoms with Crippen LogP contribution in [-0.2, 0) is 4.79 Å². The van der Waals surface area contributed by atoms with Crippen molar-refractivity contribution in [2.45, 2.75) is 19.4 Å². The van der Waals surface area contributed by atoms with E-state index in [1.807, 2.05) is 49.4 Å². The molecule has 1 atom stereocenters. The number of benzene rings is 3. The second kappa shape index (κ2) is 8.33. The largest absolute Gasteiger partial charge is 0.350 e. The van der Waals surface area contributed by atoms with Crippen molar-refractivity contribution in [2.75, 3.05) is 6.54 Å². The summed E-state index contributed by atoms with van der Waals surface area (Å²) in [7, 11) is 0. The van der Waals surface area contributed by atoms with E-state index in [9.17, 15) is 14.4 Å². The molecule has 0 spiro atoms. The highest BCUT2D eigenvalue weighted by molar-refractivity contribution is 6.21. The molecule has 5 nitrogen and oxygen atoms in total. The second-order valence-corrected chi connectivity index (χ2v) is 7.33. The van der Waals surface area contributed by atoms with E-state index in [1.54, 1.807) is 24.3 Å². The normalized spacial score (nSPS) is 13.8. The standard InChI is InChI=1S/C25H22N2O3/c1-17(18-11-13-20(14-12-18)19-7-3-2-4-8-19)26-23(28)15-16-27-24(29)21-9-5-6-10-22(21)25(27)30/h2-14,17H,15-16H2,1H3,(H,26,28)/t17-/m0/s1. The van der Waals surface area contributed by atoms with Gasteiger partial charge in [0.25, 0.3) is 11.8 Å². The van der Waals surface area contributed by atoms with E-state index in [0.29, 0.717) is 11.1 Å². The molecule has 0 saturated heterocycles. The first-order valence-corrected chi connectivity index (χ1v) is 9.94. The highest BCUT2D eigenvalue weighted by Gasteiger charge is 2.35. The van der Waals surface area contributed by atoms with Crippen molar-refractivity contribution in [1.29, 1.82) is 0 Å². The van der Waals surface area contributed by atoms with Gasteiger partial charge in [0.2, 0.25) is 5.91 Å². The summed E-state index contributed by atoms with van der Waals surface area (Å²) in [6.45, 7) is 1.98. The van der Waals surface area contributed by atoms with Gasteiger partial charge in [0, 0.05) is 13.0 Å². The maximum absolute atomic E-state index is 12.4. The first-order valence-electron chi connectivity index (χ1n) is 9.94. The summed E-state index contributed by atoms with van der Waals surface area (Å²) in [5.74, 6) is -0.882. The van der Waals surface area contributed by atoms with Gasteiger partial charge in [-0.25, -0.2) is 0 Å². The molecule has 5 heteroatoms. The van der Waals surface area contributed by atoms with Crippen LogP contribution in [0.1, 0.15) is 45.7 Å². The van der Waals surface area contributed by atoms with E-state index in [1.165, 1.54) is 0 Å². The molecule has 1 aliphatic rings. The van der Waals surface area contributed by atoms with E-state index in [2.05, 4.69) is 17.4 Å². The molecule has 1 aliphatic heterocycles. The van der Waals surface area contributed by atoms with E-state index in [4.69, 9.17) is 0 Å². The molecule has 1 heterocycles. The van der Waals surface area contributed by atoms with Crippen molar-refractivity contribution in [2.24, 2.45) is 0 Å². The SMILES string of the molecule is C[C@H](NC(=O)CCN1C(=O)c2ccccc2C1=O)c1ccc(-c2ccccc2)cc1. The number of carbonyl (C=O) groups is 3. The molecule has 150 valence electrons. The van der Waals surface area contributed by atoms with Crippen molar-refractivity contribution in [1.82, 2.24) is 10.2 Å². The summed E-state index contributed by atoms with van der Waals surface area (Å²) in [6.07, 6.45) is 0.0674. The fourth-order valence-corrected chi connectivity index (χ4v) is 3.65. The Morgan fingerprint density at radius 2 is 1.33 bits per heavy atom. The molecule has 0 aliphatic carbocycles. The number of hydrogen-bond donors (Lipinski definition) is 1. The van der Waals surface area contributed by atoms with Crippen molar-refractivity contribution in [3.63, 3.8) is 0 Å². The van der Waals surface area contributed by atoms with Gasteiger partial charge >= 0.3 is 0 Å². The van der Waals surface area contributed by atoms with Gasteiger partial charge in [-0.15, -0.1) is 0 Å². The molecule has 3 aromatic rings. The average molecular weight is 398 g/mol. The smallest absolute Gasteiger partial charge is 0.261 e. The summed E-state index contributed by atoms with van der Waals surface area (Å²) in [5, 5.41) is 2.94. The molecule has 4 rings (SSSR count). The maximum atomic E-state index is 12.4. The molecule has 0 unspecified atom stereocenters. The lowest BCUT2D eigenvalue weighted by Crippen LogP contribution is -2.35. The highest BCUT2D eigenvalue weighted by Crippen LogP contribution is 2.23. The number of amides is 3. The third kappa shape index (κ3) is 3.87. The predicted molar refractivity (Wildman–Crippen MR) is 115 cm³/mol. The van der Waals surface area contributed by atoms with Gasteiger partial charge in [0.15, 0.2) is 0 Å². The van der Waals surface area contributed by atoms with Crippen molar-refractivity contribution in [3.05, 3.63) is 95.6 Å². The van der Waals surface area contributed by atoms with Crippen LogP contribution in [0.25, 0.3) is 11.1 Å². The van der Waals surface area contributed by atoms with Gasteiger partial charge in [-0.05, 0) is 35.7 Å². The molecule has 30 heavy (non-hydrogen) atoms. The zero-order valence-corrected chi connectivity index (χ0v) is 16.7. The number of rotatable bonds is 6. The van der Waals surface area contributed by atoms with Gasteiger partial charge < -0.3 is 5.32 Å². The molecule has 0 fully saturated rings. The van der Waals surface area contributed by atoms with E-state index >= 15 is 0 Å². The lowest BCUT2D eigenvalue weighted by Gasteiger charge is -2.17. The van der Waals surface area contributed by atoms with Crippen LogP contribution in [0.4, 0.5) is 0 Å². The quantitative estimate of drug-likeness (QED) is 0.633. The van der Waals surface area contributed by atoms with Crippen LogP contribution in [0.2, 0.25) is 0 Å². The van der Waals surface area contributed by atoms with E-state index in [-0.39, 0.29) is 36.7 Å². The summed E-state index contributed by atoms with van der Waals surface area (Å²) >= 11 is 0. The van der Waals surface area contributed by atoms with Crippen LogP contribution >= 0.6 is 0 Å². The first-order chi connectivity index (χ1) is 14.5. The van der Waals surface area contributed by atoms with Gasteiger partial charge in [0.1, 0.15) is 0 Å². The van der Waals surface area contributed by atoms with Crippen molar-refractivity contribution >= 4 is 17.7 Å². The molecular formula is C25H22N2O3. The van der Waals surface area contributed by atoms with Crippen molar-refractivity contribution in [3.8, 4) is 11.1 Å². The number of hydrogen-bond acceptors (Lipinski definition) is 3.